The van der Waals surface area contributed by atoms with Crippen LogP contribution in [-0.4, -0.2) is 27.3 Å². The Balaban J connectivity index is 2.49. The van der Waals surface area contributed by atoms with Gasteiger partial charge in [0.25, 0.3) is 0 Å². The zero-order valence-corrected chi connectivity index (χ0v) is 10.6. The lowest BCUT2D eigenvalue weighted by Gasteiger charge is -2.16. The summed E-state index contributed by atoms with van der Waals surface area (Å²) in [5.74, 6) is 0.660. The van der Waals surface area contributed by atoms with Crippen molar-refractivity contribution in [3.63, 3.8) is 0 Å². The van der Waals surface area contributed by atoms with E-state index in [4.69, 9.17) is 4.74 Å². The molecule has 1 aromatic rings. The predicted molar refractivity (Wildman–Crippen MR) is 68.8 cm³/mol. The topological polar surface area (TPSA) is 21.3 Å². The first kappa shape index (κ1) is 13.2. The molecule has 1 N–H and O–H groups in total. The lowest BCUT2D eigenvalue weighted by molar-refractivity contribution is 0.176. The summed E-state index contributed by atoms with van der Waals surface area (Å²) in [5, 5.41) is 3.25. The second-order valence-electron chi connectivity index (χ2n) is 4.39. The molecule has 0 saturated heterocycles. The molecule has 0 bridgehead atoms. The summed E-state index contributed by atoms with van der Waals surface area (Å²) < 4.78 is 5.15. The second-order valence-corrected chi connectivity index (χ2v) is 4.39. The lowest BCUT2D eigenvalue weighted by Crippen LogP contribution is -2.22. The van der Waals surface area contributed by atoms with E-state index in [1.165, 1.54) is 11.1 Å². The maximum Gasteiger partial charge on any atom is 0.0465 e. The molecular formula is C14H23NO. The largest absolute Gasteiger partial charge is 0.385 e. The quantitative estimate of drug-likeness (QED) is 0.763. The van der Waals surface area contributed by atoms with Gasteiger partial charge in [0.1, 0.15) is 0 Å². The van der Waals surface area contributed by atoms with Crippen molar-refractivity contribution in [2.75, 3.05) is 27.3 Å². The highest BCUT2D eigenvalue weighted by atomic mass is 16.5. The summed E-state index contributed by atoms with van der Waals surface area (Å²) in [6.45, 7) is 4.02. The molecule has 1 atom stereocenters. The smallest absolute Gasteiger partial charge is 0.0465 e. The average molecular weight is 221 g/mol. The Morgan fingerprint density at radius 3 is 2.50 bits per heavy atom. The molecule has 0 aliphatic heterocycles. The second kappa shape index (κ2) is 7.42. The number of aryl methyl sites for hydroxylation is 1. The van der Waals surface area contributed by atoms with Crippen LogP contribution in [0.15, 0.2) is 24.3 Å². The van der Waals surface area contributed by atoms with E-state index in [0.717, 1.165) is 26.0 Å². The van der Waals surface area contributed by atoms with E-state index in [9.17, 15) is 0 Å². The molecule has 0 saturated carbocycles. The molecule has 1 unspecified atom stereocenters. The van der Waals surface area contributed by atoms with Crippen LogP contribution in [0.3, 0.4) is 0 Å². The van der Waals surface area contributed by atoms with Gasteiger partial charge in [-0.1, -0.05) is 29.8 Å². The van der Waals surface area contributed by atoms with E-state index in [-0.39, 0.29) is 0 Å². The van der Waals surface area contributed by atoms with Crippen LogP contribution >= 0.6 is 0 Å². The molecule has 2 nitrogen and oxygen atoms in total. The van der Waals surface area contributed by atoms with Gasteiger partial charge in [-0.2, -0.15) is 0 Å². The van der Waals surface area contributed by atoms with Crippen LogP contribution < -0.4 is 5.32 Å². The van der Waals surface area contributed by atoms with Crippen molar-refractivity contribution in [2.45, 2.75) is 19.8 Å². The zero-order chi connectivity index (χ0) is 11.8. The van der Waals surface area contributed by atoms with Crippen LogP contribution in [0.4, 0.5) is 0 Å². The van der Waals surface area contributed by atoms with Crippen molar-refractivity contribution in [2.24, 2.45) is 5.92 Å². The van der Waals surface area contributed by atoms with Crippen LogP contribution in [0.5, 0.6) is 0 Å². The lowest BCUT2D eigenvalue weighted by atomic mass is 9.96. The van der Waals surface area contributed by atoms with Gasteiger partial charge in [0, 0.05) is 13.7 Å². The molecule has 16 heavy (non-hydrogen) atoms. The summed E-state index contributed by atoms with van der Waals surface area (Å²) in [5.41, 5.74) is 2.74. The average Bonchev–Trinajstić information content (AvgIpc) is 2.29. The zero-order valence-electron chi connectivity index (χ0n) is 10.6. The molecule has 0 aliphatic rings. The molecular weight excluding hydrogens is 198 g/mol. The third kappa shape index (κ3) is 4.77. The minimum absolute atomic E-state index is 0.660. The minimum atomic E-state index is 0.660. The van der Waals surface area contributed by atoms with Gasteiger partial charge in [0.2, 0.25) is 0 Å². The molecule has 90 valence electrons. The van der Waals surface area contributed by atoms with E-state index < -0.39 is 0 Å². The fourth-order valence-corrected chi connectivity index (χ4v) is 1.91. The number of benzene rings is 1. The van der Waals surface area contributed by atoms with Crippen LogP contribution in [0, 0.1) is 12.8 Å². The molecule has 0 aliphatic carbocycles. The molecule has 0 fully saturated rings. The highest BCUT2D eigenvalue weighted by Gasteiger charge is 2.08. The maximum absolute atomic E-state index is 5.15. The van der Waals surface area contributed by atoms with Crippen molar-refractivity contribution in [3.8, 4) is 0 Å². The Morgan fingerprint density at radius 1 is 1.25 bits per heavy atom. The van der Waals surface area contributed by atoms with Gasteiger partial charge >= 0.3 is 0 Å². The molecule has 0 spiro atoms. The number of hydrogen-bond acceptors (Lipinski definition) is 2. The van der Waals surface area contributed by atoms with E-state index in [0.29, 0.717) is 5.92 Å². The first-order valence-electron chi connectivity index (χ1n) is 5.95. The molecule has 0 amide bonds. The highest BCUT2D eigenvalue weighted by Crippen LogP contribution is 2.12. The molecule has 1 aromatic carbocycles. The normalized spacial score (nSPS) is 12.7. The van der Waals surface area contributed by atoms with Gasteiger partial charge in [-0.3, -0.25) is 0 Å². The molecule has 0 aromatic heterocycles. The van der Waals surface area contributed by atoms with Gasteiger partial charge in [-0.25, -0.2) is 0 Å². The third-order valence-electron chi connectivity index (χ3n) is 2.87. The molecule has 0 heterocycles. The van der Waals surface area contributed by atoms with Crippen LogP contribution in [0.25, 0.3) is 0 Å². The molecule has 1 rings (SSSR count). The van der Waals surface area contributed by atoms with Crippen molar-refractivity contribution in [3.05, 3.63) is 35.4 Å². The van der Waals surface area contributed by atoms with E-state index in [1.807, 2.05) is 7.05 Å². The maximum atomic E-state index is 5.15. The Kier molecular flexibility index (Phi) is 6.12. The molecule has 0 radical (unpaired) electrons. The highest BCUT2D eigenvalue weighted by molar-refractivity contribution is 5.21. The third-order valence-corrected chi connectivity index (χ3v) is 2.87. The van der Waals surface area contributed by atoms with Crippen molar-refractivity contribution >= 4 is 0 Å². The molecule has 2 heteroatoms. The van der Waals surface area contributed by atoms with Crippen molar-refractivity contribution < 1.29 is 4.74 Å². The monoisotopic (exact) mass is 221 g/mol. The summed E-state index contributed by atoms with van der Waals surface area (Å²) >= 11 is 0. The Bertz CT molecular complexity index is 281. The van der Waals surface area contributed by atoms with Crippen molar-refractivity contribution in [1.82, 2.24) is 5.32 Å². The van der Waals surface area contributed by atoms with Crippen LogP contribution in [0.1, 0.15) is 17.5 Å². The van der Waals surface area contributed by atoms with E-state index in [2.05, 4.69) is 36.5 Å². The SMILES string of the molecule is CNCC(CCOC)Cc1ccc(C)cc1. The van der Waals surface area contributed by atoms with Gasteiger partial charge in [0.15, 0.2) is 0 Å². The van der Waals surface area contributed by atoms with E-state index >= 15 is 0 Å². The number of ether oxygens (including phenoxy) is 1. The predicted octanol–water partition coefficient (Wildman–Crippen LogP) is 2.41. The fourth-order valence-electron chi connectivity index (χ4n) is 1.91. The summed E-state index contributed by atoms with van der Waals surface area (Å²) in [7, 11) is 3.78. The number of methoxy groups -OCH3 is 1. The van der Waals surface area contributed by atoms with Crippen LogP contribution in [0.2, 0.25) is 0 Å². The standard InChI is InChI=1S/C14H23NO/c1-12-4-6-13(7-5-12)10-14(11-15-2)8-9-16-3/h4-7,14-15H,8-11H2,1-3H3. The summed E-state index contributed by atoms with van der Waals surface area (Å²) in [4.78, 5) is 0. The first-order valence-corrected chi connectivity index (χ1v) is 5.95. The summed E-state index contributed by atoms with van der Waals surface area (Å²) in [6.07, 6.45) is 2.25. The number of hydrogen-bond donors (Lipinski definition) is 1. The van der Waals surface area contributed by atoms with E-state index in [1.54, 1.807) is 7.11 Å². The van der Waals surface area contributed by atoms with Gasteiger partial charge in [-0.05, 0) is 44.8 Å². The van der Waals surface area contributed by atoms with Gasteiger partial charge < -0.3 is 10.1 Å². The number of nitrogens with one attached hydrogen (secondary N) is 1. The Morgan fingerprint density at radius 2 is 1.94 bits per heavy atom. The minimum Gasteiger partial charge on any atom is -0.385 e. The van der Waals surface area contributed by atoms with Crippen LogP contribution in [-0.2, 0) is 11.2 Å². The number of rotatable bonds is 7. The summed E-state index contributed by atoms with van der Waals surface area (Å²) in [6, 6.07) is 8.82. The Hall–Kier alpha value is -0.860. The van der Waals surface area contributed by atoms with Crippen molar-refractivity contribution in [1.29, 1.82) is 0 Å². The Labute approximate surface area is 99.0 Å². The fraction of sp³-hybridized carbons (Fsp3) is 0.571. The first-order chi connectivity index (χ1) is 7.76. The van der Waals surface area contributed by atoms with Gasteiger partial charge in [0.05, 0.1) is 0 Å². The van der Waals surface area contributed by atoms with Gasteiger partial charge in [-0.15, -0.1) is 0 Å².